The number of Topliss-reactive ketones (excluding diaryl/α,β-unsaturated/α-hetero) is 1. The van der Waals surface area contributed by atoms with Gasteiger partial charge in [-0.25, -0.2) is 4.79 Å². The van der Waals surface area contributed by atoms with Gasteiger partial charge < -0.3 is 14.9 Å². The zero-order valence-corrected chi connectivity index (χ0v) is 13.0. The zero-order chi connectivity index (χ0) is 16.5. The van der Waals surface area contributed by atoms with Gasteiger partial charge in [0.05, 0.1) is 6.42 Å². The number of carboxylic acid groups (broad SMARTS) is 1. The van der Waals surface area contributed by atoms with E-state index in [1.807, 2.05) is 0 Å². The summed E-state index contributed by atoms with van der Waals surface area (Å²) in [5, 5.41) is 18.4. The third-order valence-corrected chi connectivity index (χ3v) is 3.66. The highest BCUT2D eigenvalue weighted by Crippen LogP contribution is 2.25. The molecule has 22 heavy (non-hydrogen) atoms. The number of hydrogen-bond acceptors (Lipinski definition) is 5. The number of ether oxygens (including phenoxy) is 1. The van der Waals surface area contributed by atoms with E-state index in [-0.39, 0.29) is 12.0 Å². The van der Waals surface area contributed by atoms with Crippen molar-refractivity contribution >= 4 is 17.7 Å². The number of ketones is 1. The van der Waals surface area contributed by atoms with Gasteiger partial charge in [0.2, 0.25) is 0 Å². The number of esters is 1. The van der Waals surface area contributed by atoms with Gasteiger partial charge in [0.15, 0.2) is 17.6 Å². The fourth-order valence-corrected chi connectivity index (χ4v) is 2.43. The van der Waals surface area contributed by atoms with Gasteiger partial charge in [-0.1, -0.05) is 45.4 Å². The molecule has 124 valence electrons. The van der Waals surface area contributed by atoms with Gasteiger partial charge in [0.25, 0.3) is 0 Å². The van der Waals surface area contributed by atoms with E-state index in [1.54, 1.807) is 0 Å². The summed E-state index contributed by atoms with van der Waals surface area (Å²) in [5.74, 6) is -3.13. The summed E-state index contributed by atoms with van der Waals surface area (Å²) in [5.41, 5.74) is -0.378. The Hall–Kier alpha value is -1.85. The maximum absolute atomic E-state index is 12.0. The van der Waals surface area contributed by atoms with Crippen LogP contribution in [0.1, 0.15) is 64.7 Å². The van der Waals surface area contributed by atoms with E-state index < -0.39 is 36.0 Å². The summed E-state index contributed by atoms with van der Waals surface area (Å²) in [4.78, 5) is 34.1. The average Bonchev–Trinajstić information content (AvgIpc) is 2.71. The number of cyclic esters (lactones) is 1. The Kier molecular flexibility index (Phi) is 7.63. The molecule has 0 aromatic heterocycles. The molecule has 0 spiro atoms. The smallest absolute Gasteiger partial charge is 0.346 e. The summed E-state index contributed by atoms with van der Waals surface area (Å²) >= 11 is 0. The molecule has 2 N–H and O–H groups in total. The number of carbonyl (C=O) groups is 3. The van der Waals surface area contributed by atoms with Crippen molar-refractivity contribution in [1.82, 2.24) is 0 Å². The fourth-order valence-electron chi connectivity index (χ4n) is 2.43. The Morgan fingerprint density at radius 1 is 1.09 bits per heavy atom. The second-order valence-electron chi connectivity index (χ2n) is 5.55. The largest absolute Gasteiger partial charge is 0.507 e. The van der Waals surface area contributed by atoms with Crippen LogP contribution < -0.4 is 0 Å². The summed E-state index contributed by atoms with van der Waals surface area (Å²) in [7, 11) is 0. The maximum atomic E-state index is 12.0. The first-order chi connectivity index (χ1) is 10.5. The first-order valence-corrected chi connectivity index (χ1v) is 7.86. The summed E-state index contributed by atoms with van der Waals surface area (Å²) in [6, 6.07) is 0. The molecule has 0 saturated heterocycles. The maximum Gasteiger partial charge on any atom is 0.346 e. The van der Waals surface area contributed by atoms with E-state index in [0.717, 1.165) is 19.3 Å². The van der Waals surface area contributed by atoms with Crippen molar-refractivity contribution in [2.45, 2.75) is 70.8 Å². The zero-order valence-electron chi connectivity index (χ0n) is 13.0. The molecule has 6 nitrogen and oxygen atoms in total. The first-order valence-electron chi connectivity index (χ1n) is 7.86. The van der Waals surface area contributed by atoms with Gasteiger partial charge in [-0.3, -0.25) is 9.59 Å². The molecular weight excluding hydrogens is 288 g/mol. The molecular formula is C16H24O6. The standard InChI is InChI=1S/C16H24O6/c1-2-3-4-5-6-7-8-9-11(17)14-15(20)12(10-13(18)19)22-16(14)21/h12,20H,2-10H2,1H3,(H,18,19)/t12-/m0/s1. The molecule has 1 heterocycles. The van der Waals surface area contributed by atoms with E-state index in [9.17, 15) is 19.5 Å². The summed E-state index contributed by atoms with van der Waals surface area (Å²) < 4.78 is 4.73. The van der Waals surface area contributed by atoms with Crippen LogP contribution in [0.2, 0.25) is 0 Å². The number of carboxylic acids is 1. The lowest BCUT2D eigenvalue weighted by molar-refractivity contribution is -0.145. The van der Waals surface area contributed by atoms with Crippen molar-refractivity contribution in [3.63, 3.8) is 0 Å². The van der Waals surface area contributed by atoms with Gasteiger partial charge in [0, 0.05) is 6.42 Å². The third-order valence-electron chi connectivity index (χ3n) is 3.66. The van der Waals surface area contributed by atoms with Crippen LogP contribution in [-0.2, 0) is 19.1 Å². The number of rotatable bonds is 11. The van der Waals surface area contributed by atoms with Gasteiger partial charge in [-0.15, -0.1) is 0 Å². The van der Waals surface area contributed by atoms with E-state index in [1.165, 1.54) is 19.3 Å². The molecule has 0 amide bonds. The minimum atomic E-state index is -1.24. The minimum absolute atomic E-state index is 0.169. The highest BCUT2D eigenvalue weighted by atomic mass is 16.6. The van der Waals surface area contributed by atoms with Crippen LogP contribution in [0.15, 0.2) is 11.3 Å². The quantitative estimate of drug-likeness (QED) is 0.345. The Balaban J connectivity index is 2.39. The van der Waals surface area contributed by atoms with Crippen molar-refractivity contribution in [2.24, 2.45) is 0 Å². The first kappa shape index (κ1) is 18.2. The molecule has 1 aliphatic rings. The number of hydrogen-bond donors (Lipinski definition) is 2. The van der Waals surface area contributed by atoms with E-state index in [0.29, 0.717) is 6.42 Å². The van der Waals surface area contributed by atoms with Crippen LogP contribution in [0.4, 0.5) is 0 Å². The molecule has 1 atom stereocenters. The van der Waals surface area contributed by atoms with Gasteiger partial charge in [0.1, 0.15) is 5.57 Å². The van der Waals surface area contributed by atoms with Crippen LogP contribution in [0.25, 0.3) is 0 Å². The predicted molar refractivity (Wildman–Crippen MR) is 79.4 cm³/mol. The van der Waals surface area contributed by atoms with Crippen molar-refractivity contribution in [1.29, 1.82) is 0 Å². The Morgan fingerprint density at radius 2 is 1.68 bits per heavy atom. The van der Waals surface area contributed by atoms with Crippen molar-refractivity contribution in [3.8, 4) is 0 Å². The summed E-state index contributed by atoms with van der Waals surface area (Å²) in [6.07, 6.45) is 5.73. The van der Waals surface area contributed by atoms with Crippen molar-refractivity contribution in [2.75, 3.05) is 0 Å². The van der Waals surface area contributed by atoms with Crippen LogP contribution in [0.5, 0.6) is 0 Å². The highest BCUT2D eigenvalue weighted by molar-refractivity contribution is 6.19. The number of aliphatic carboxylic acids is 1. The molecule has 0 saturated carbocycles. The molecule has 0 unspecified atom stereocenters. The van der Waals surface area contributed by atoms with E-state index in [4.69, 9.17) is 9.84 Å². The van der Waals surface area contributed by atoms with Gasteiger partial charge >= 0.3 is 11.9 Å². The van der Waals surface area contributed by atoms with Crippen LogP contribution in [0.3, 0.4) is 0 Å². The average molecular weight is 312 g/mol. The second-order valence-corrected chi connectivity index (χ2v) is 5.55. The topological polar surface area (TPSA) is 101 Å². The number of unbranched alkanes of at least 4 members (excludes halogenated alkanes) is 6. The molecule has 1 aliphatic heterocycles. The van der Waals surface area contributed by atoms with Crippen LogP contribution in [0, 0.1) is 0 Å². The van der Waals surface area contributed by atoms with Crippen molar-refractivity contribution < 1.29 is 29.3 Å². The lowest BCUT2D eigenvalue weighted by Gasteiger charge is -2.05. The Morgan fingerprint density at radius 3 is 2.27 bits per heavy atom. The monoisotopic (exact) mass is 312 g/mol. The predicted octanol–water partition coefficient (Wildman–Crippen LogP) is 2.91. The molecule has 0 fully saturated rings. The molecule has 0 aromatic carbocycles. The highest BCUT2D eigenvalue weighted by Gasteiger charge is 2.38. The Bertz CT molecular complexity index is 452. The normalized spacial score (nSPS) is 17.7. The van der Waals surface area contributed by atoms with Crippen molar-refractivity contribution in [3.05, 3.63) is 11.3 Å². The SMILES string of the molecule is CCCCCCCCCC(=O)C1=C(O)[C@H](CC(=O)O)OC1=O. The molecule has 0 bridgehead atoms. The van der Waals surface area contributed by atoms with Crippen LogP contribution in [-0.4, -0.2) is 34.0 Å². The second kappa shape index (κ2) is 9.23. The molecule has 0 aromatic rings. The van der Waals surface area contributed by atoms with Crippen LogP contribution >= 0.6 is 0 Å². The molecule has 6 heteroatoms. The minimum Gasteiger partial charge on any atom is -0.507 e. The number of aliphatic hydroxyl groups is 1. The summed E-state index contributed by atoms with van der Waals surface area (Å²) in [6.45, 7) is 2.15. The number of aliphatic hydroxyl groups excluding tert-OH is 1. The molecule has 0 radical (unpaired) electrons. The van der Waals surface area contributed by atoms with Gasteiger partial charge in [-0.2, -0.15) is 0 Å². The molecule has 1 rings (SSSR count). The van der Waals surface area contributed by atoms with E-state index in [2.05, 4.69) is 6.92 Å². The van der Waals surface area contributed by atoms with Gasteiger partial charge in [-0.05, 0) is 6.42 Å². The fraction of sp³-hybridized carbons (Fsp3) is 0.688. The lowest BCUT2D eigenvalue weighted by Crippen LogP contribution is -2.16. The molecule has 0 aliphatic carbocycles. The van der Waals surface area contributed by atoms with E-state index >= 15 is 0 Å². The number of carbonyl (C=O) groups excluding carboxylic acids is 2. The Labute approximate surface area is 130 Å². The lowest BCUT2D eigenvalue weighted by atomic mass is 10.0. The third kappa shape index (κ3) is 5.50.